The molecule has 0 radical (unpaired) electrons. The number of nitrogens with zero attached hydrogens (tertiary/aromatic N) is 2. The number of hydrogen-bond donors (Lipinski definition) is 1. The van der Waals surface area contributed by atoms with E-state index in [4.69, 9.17) is 0 Å². The minimum Gasteiger partial charge on any atom is -0.368 e. The Kier molecular flexibility index (Phi) is 5.09. The number of carbonyl (C=O) groups excluding carboxylic acids is 1. The molecule has 2 aliphatic rings. The van der Waals surface area contributed by atoms with Gasteiger partial charge >= 0.3 is 0 Å². The van der Waals surface area contributed by atoms with Gasteiger partial charge in [-0.3, -0.25) is 4.79 Å². The summed E-state index contributed by atoms with van der Waals surface area (Å²) in [4.78, 5) is 17.1. The number of rotatable bonds is 4. The molecule has 2 fully saturated rings. The van der Waals surface area contributed by atoms with Gasteiger partial charge in [0.05, 0.1) is 0 Å². The topological polar surface area (TPSA) is 35.6 Å². The summed E-state index contributed by atoms with van der Waals surface area (Å²) >= 11 is 0. The first-order valence-corrected chi connectivity index (χ1v) is 9.75. The third-order valence-corrected chi connectivity index (χ3v) is 5.63. The van der Waals surface area contributed by atoms with E-state index >= 15 is 0 Å². The van der Waals surface area contributed by atoms with Crippen LogP contribution in [0.15, 0.2) is 54.6 Å². The fourth-order valence-corrected chi connectivity index (χ4v) is 4.05. The van der Waals surface area contributed by atoms with E-state index in [1.165, 1.54) is 24.2 Å². The normalized spacial score (nSPS) is 18.2. The first-order chi connectivity index (χ1) is 12.8. The lowest BCUT2D eigenvalue weighted by Crippen LogP contribution is -2.46. The maximum atomic E-state index is 12.2. The molecule has 0 atom stereocenters. The molecular weight excluding hydrogens is 322 g/mol. The SMILES string of the molecule is O=C(Nc1ccc(N2CCN(c3ccccc3)CC2)cc1)C1CCCC1. The zero-order valence-electron chi connectivity index (χ0n) is 15.2. The molecule has 1 saturated carbocycles. The summed E-state index contributed by atoms with van der Waals surface area (Å²) in [7, 11) is 0. The van der Waals surface area contributed by atoms with E-state index in [0.29, 0.717) is 0 Å². The zero-order chi connectivity index (χ0) is 17.8. The number of amides is 1. The number of nitrogens with one attached hydrogen (secondary N) is 1. The van der Waals surface area contributed by atoms with E-state index in [0.717, 1.165) is 44.7 Å². The van der Waals surface area contributed by atoms with Crippen molar-refractivity contribution in [1.29, 1.82) is 0 Å². The highest BCUT2D eigenvalue weighted by molar-refractivity contribution is 5.92. The summed E-state index contributed by atoms with van der Waals surface area (Å²) in [5.74, 6) is 0.396. The molecule has 0 bridgehead atoms. The second kappa shape index (κ2) is 7.81. The summed E-state index contributed by atoms with van der Waals surface area (Å²) in [6.45, 7) is 4.10. The molecule has 0 aromatic heterocycles. The summed E-state index contributed by atoms with van der Waals surface area (Å²) in [6, 6.07) is 18.9. The predicted molar refractivity (Wildman–Crippen MR) is 108 cm³/mol. The lowest BCUT2D eigenvalue weighted by molar-refractivity contribution is -0.119. The van der Waals surface area contributed by atoms with Crippen molar-refractivity contribution in [3.8, 4) is 0 Å². The zero-order valence-corrected chi connectivity index (χ0v) is 15.2. The number of hydrogen-bond acceptors (Lipinski definition) is 3. The van der Waals surface area contributed by atoms with Gasteiger partial charge in [0.15, 0.2) is 0 Å². The number of carbonyl (C=O) groups is 1. The van der Waals surface area contributed by atoms with Crippen LogP contribution in [0.25, 0.3) is 0 Å². The Hall–Kier alpha value is -2.49. The number of anilines is 3. The van der Waals surface area contributed by atoms with Gasteiger partial charge in [0.2, 0.25) is 5.91 Å². The van der Waals surface area contributed by atoms with Crippen LogP contribution in [0.4, 0.5) is 17.1 Å². The molecule has 26 heavy (non-hydrogen) atoms. The molecule has 4 heteroatoms. The van der Waals surface area contributed by atoms with Crippen molar-refractivity contribution in [3.05, 3.63) is 54.6 Å². The molecule has 4 rings (SSSR count). The molecular formula is C22H27N3O. The fourth-order valence-electron chi connectivity index (χ4n) is 4.05. The minimum absolute atomic E-state index is 0.187. The van der Waals surface area contributed by atoms with E-state index in [1.807, 2.05) is 12.1 Å². The van der Waals surface area contributed by atoms with Crippen LogP contribution in [0.3, 0.4) is 0 Å². The van der Waals surface area contributed by atoms with Crippen molar-refractivity contribution in [2.45, 2.75) is 25.7 Å². The third kappa shape index (κ3) is 3.85. The van der Waals surface area contributed by atoms with Gasteiger partial charge in [0.25, 0.3) is 0 Å². The van der Waals surface area contributed by atoms with Crippen molar-refractivity contribution in [3.63, 3.8) is 0 Å². The molecule has 1 heterocycles. The first kappa shape index (κ1) is 17.0. The molecule has 0 unspecified atom stereocenters. The Morgan fingerprint density at radius 2 is 1.31 bits per heavy atom. The Balaban J connectivity index is 1.32. The van der Waals surface area contributed by atoms with Crippen LogP contribution in [0.2, 0.25) is 0 Å². The Morgan fingerprint density at radius 1 is 0.769 bits per heavy atom. The largest absolute Gasteiger partial charge is 0.368 e. The molecule has 1 aliphatic carbocycles. The predicted octanol–water partition coefficient (Wildman–Crippen LogP) is 4.14. The van der Waals surface area contributed by atoms with E-state index in [9.17, 15) is 4.79 Å². The lowest BCUT2D eigenvalue weighted by atomic mass is 10.1. The van der Waals surface area contributed by atoms with Gasteiger partial charge in [-0.25, -0.2) is 0 Å². The molecule has 2 aromatic rings. The molecule has 136 valence electrons. The van der Waals surface area contributed by atoms with Crippen molar-refractivity contribution >= 4 is 23.0 Å². The van der Waals surface area contributed by atoms with Gasteiger partial charge in [0, 0.05) is 49.2 Å². The highest BCUT2D eigenvalue weighted by Gasteiger charge is 2.22. The van der Waals surface area contributed by atoms with Crippen LogP contribution in [0, 0.1) is 5.92 Å². The fraction of sp³-hybridized carbons (Fsp3) is 0.409. The lowest BCUT2D eigenvalue weighted by Gasteiger charge is -2.37. The Bertz CT molecular complexity index is 715. The summed E-state index contributed by atoms with van der Waals surface area (Å²) in [5, 5.41) is 3.08. The number of para-hydroxylation sites is 1. The van der Waals surface area contributed by atoms with E-state index in [1.54, 1.807) is 0 Å². The van der Waals surface area contributed by atoms with Crippen LogP contribution in [-0.2, 0) is 4.79 Å². The number of piperazine rings is 1. The van der Waals surface area contributed by atoms with Gasteiger partial charge < -0.3 is 15.1 Å². The number of benzene rings is 2. The van der Waals surface area contributed by atoms with Gasteiger partial charge in [-0.05, 0) is 49.2 Å². The first-order valence-electron chi connectivity index (χ1n) is 9.75. The van der Waals surface area contributed by atoms with Crippen molar-refractivity contribution in [1.82, 2.24) is 0 Å². The average Bonchev–Trinajstić information content (AvgIpc) is 3.25. The van der Waals surface area contributed by atoms with Gasteiger partial charge in [-0.1, -0.05) is 31.0 Å². The van der Waals surface area contributed by atoms with Crippen LogP contribution in [-0.4, -0.2) is 32.1 Å². The van der Waals surface area contributed by atoms with E-state index < -0.39 is 0 Å². The molecule has 1 amide bonds. The van der Waals surface area contributed by atoms with Gasteiger partial charge in [-0.15, -0.1) is 0 Å². The molecule has 1 N–H and O–H groups in total. The van der Waals surface area contributed by atoms with E-state index in [-0.39, 0.29) is 11.8 Å². The molecule has 1 aliphatic heterocycles. The van der Waals surface area contributed by atoms with Crippen molar-refractivity contribution in [2.24, 2.45) is 5.92 Å². The van der Waals surface area contributed by atoms with Gasteiger partial charge in [-0.2, -0.15) is 0 Å². The highest BCUT2D eigenvalue weighted by Crippen LogP contribution is 2.27. The van der Waals surface area contributed by atoms with Crippen LogP contribution in [0.1, 0.15) is 25.7 Å². The second-order valence-corrected chi connectivity index (χ2v) is 7.33. The maximum absolute atomic E-state index is 12.2. The molecule has 0 spiro atoms. The Morgan fingerprint density at radius 3 is 1.88 bits per heavy atom. The molecule has 4 nitrogen and oxygen atoms in total. The minimum atomic E-state index is 0.187. The summed E-state index contributed by atoms with van der Waals surface area (Å²) < 4.78 is 0. The Labute approximate surface area is 155 Å². The molecule has 2 aromatic carbocycles. The monoisotopic (exact) mass is 349 g/mol. The summed E-state index contributed by atoms with van der Waals surface area (Å²) in [5.41, 5.74) is 3.45. The van der Waals surface area contributed by atoms with E-state index in [2.05, 4.69) is 57.6 Å². The molecule has 1 saturated heterocycles. The van der Waals surface area contributed by atoms with Crippen molar-refractivity contribution < 1.29 is 4.79 Å². The second-order valence-electron chi connectivity index (χ2n) is 7.33. The summed E-state index contributed by atoms with van der Waals surface area (Å²) in [6.07, 6.45) is 4.45. The highest BCUT2D eigenvalue weighted by atomic mass is 16.1. The van der Waals surface area contributed by atoms with Crippen LogP contribution in [0.5, 0.6) is 0 Å². The van der Waals surface area contributed by atoms with Crippen molar-refractivity contribution in [2.75, 3.05) is 41.3 Å². The quantitative estimate of drug-likeness (QED) is 0.901. The average molecular weight is 349 g/mol. The van der Waals surface area contributed by atoms with Crippen LogP contribution >= 0.6 is 0 Å². The standard InChI is InChI=1S/C22H27N3O/c26-22(18-6-4-5-7-18)23-19-10-12-21(13-11-19)25-16-14-24(15-17-25)20-8-2-1-3-9-20/h1-3,8-13,18H,4-7,14-17H2,(H,23,26). The van der Waals surface area contributed by atoms with Crippen LogP contribution < -0.4 is 15.1 Å². The smallest absolute Gasteiger partial charge is 0.227 e. The third-order valence-electron chi connectivity index (χ3n) is 5.63. The maximum Gasteiger partial charge on any atom is 0.227 e. The van der Waals surface area contributed by atoms with Gasteiger partial charge in [0.1, 0.15) is 0 Å².